The Morgan fingerprint density at radius 3 is 2.80 bits per heavy atom. The SMILES string of the molecule is CCOCC1CCN(C(=O)C(N)c2ccc(C)cc2)C1. The Hall–Kier alpha value is -1.39. The zero-order chi connectivity index (χ0) is 14.5. The van der Waals surface area contributed by atoms with E-state index in [9.17, 15) is 4.79 Å². The van der Waals surface area contributed by atoms with Crippen LogP contribution >= 0.6 is 0 Å². The van der Waals surface area contributed by atoms with Gasteiger partial charge in [-0.2, -0.15) is 0 Å². The summed E-state index contributed by atoms with van der Waals surface area (Å²) < 4.78 is 5.43. The molecule has 2 unspecified atom stereocenters. The van der Waals surface area contributed by atoms with Gasteiger partial charge < -0.3 is 15.4 Å². The molecule has 0 spiro atoms. The molecule has 1 aliphatic rings. The number of benzene rings is 1. The summed E-state index contributed by atoms with van der Waals surface area (Å²) in [7, 11) is 0. The number of hydrogen-bond donors (Lipinski definition) is 1. The van der Waals surface area contributed by atoms with Gasteiger partial charge in [-0.15, -0.1) is 0 Å². The van der Waals surface area contributed by atoms with Crippen LogP contribution in [0.2, 0.25) is 0 Å². The molecule has 1 heterocycles. The van der Waals surface area contributed by atoms with Crippen LogP contribution in [0.3, 0.4) is 0 Å². The largest absolute Gasteiger partial charge is 0.381 e. The fraction of sp³-hybridized carbons (Fsp3) is 0.562. The fourth-order valence-electron chi connectivity index (χ4n) is 2.57. The maximum Gasteiger partial charge on any atom is 0.244 e. The third kappa shape index (κ3) is 3.58. The van der Waals surface area contributed by atoms with Crippen molar-refractivity contribution in [1.82, 2.24) is 4.90 Å². The van der Waals surface area contributed by atoms with Gasteiger partial charge in [0.25, 0.3) is 0 Å². The summed E-state index contributed by atoms with van der Waals surface area (Å²) in [6.07, 6.45) is 1.01. The van der Waals surface area contributed by atoms with Crippen LogP contribution in [-0.4, -0.2) is 37.1 Å². The highest BCUT2D eigenvalue weighted by Gasteiger charge is 2.29. The van der Waals surface area contributed by atoms with E-state index in [-0.39, 0.29) is 5.91 Å². The van der Waals surface area contributed by atoms with E-state index in [1.807, 2.05) is 43.0 Å². The van der Waals surface area contributed by atoms with E-state index in [4.69, 9.17) is 10.5 Å². The van der Waals surface area contributed by atoms with Gasteiger partial charge in [0.15, 0.2) is 0 Å². The number of rotatable bonds is 5. The van der Waals surface area contributed by atoms with Crippen molar-refractivity contribution in [1.29, 1.82) is 0 Å². The van der Waals surface area contributed by atoms with Crippen molar-refractivity contribution in [3.63, 3.8) is 0 Å². The highest BCUT2D eigenvalue weighted by atomic mass is 16.5. The number of ether oxygens (including phenoxy) is 1. The molecule has 4 nitrogen and oxygen atoms in total. The van der Waals surface area contributed by atoms with Gasteiger partial charge in [0.2, 0.25) is 5.91 Å². The molecule has 0 saturated carbocycles. The lowest BCUT2D eigenvalue weighted by Crippen LogP contribution is -2.37. The van der Waals surface area contributed by atoms with Crippen LogP contribution in [0.15, 0.2) is 24.3 Å². The summed E-state index contributed by atoms with van der Waals surface area (Å²) in [5, 5.41) is 0. The minimum Gasteiger partial charge on any atom is -0.381 e. The first kappa shape index (κ1) is 15.0. The van der Waals surface area contributed by atoms with Crippen LogP contribution < -0.4 is 5.73 Å². The van der Waals surface area contributed by atoms with E-state index in [2.05, 4.69) is 0 Å². The number of likely N-dealkylation sites (tertiary alicyclic amines) is 1. The molecule has 110 valence electrons. The quantitative estimate of drug-likeness (QED) is 0.893. The van der Waals surface area contributed by atoms with Crippen LogP contribution in [0.4, 0.5) is 0 Å². The second-order valence-electron chi connectivity index (χ2n) is 5.49. The van der Waals surface area contributed by atoms with Gasteiger partial charge in [-0.05, 0) is 25.8 Å². The molecule has 2 atom stereocenters. The third-order valence-electron chi connectivity index (χ3n) is 3.86. The lowest BCUT2D eigenvalue weighted by molar-refractivity contribution is -0.131. The molecule has 1 amide bonds. The molecular formula is C16H24N2O2. The van der Waals surface area contributed by atoms with Crippen molar-refractivity contribution < 1.29 is 9.53 Å². The summed E-state index contributed by atoms with van der Waals surface area (Å²) in [6.45, 7) is 7.03. The number of nitrogens with two attached hydrogens (primary N) is 1. The average molecular weight is 276 g/mol. The molecule has 1 aromatic carbocycles. The summed E-state index contributed by atoms with van der Waals surface area (Å²) in [4.78, 5) is 14.3. The second kappa shape index (κ2) is 6.86. The zero-order valence-electron chi connectivity index (χ0n) is 12.3. The Kier molecular flexibility index (Phi) is 5.15. The van der Waals surface area contributed by atoms with Crippen molar-refractivity contribution in [3.8, 4) is 0 Å². The maximum atomic E-state index is 12.4. The molecular weight excluding hydrogens is 252 g/mol. The maximum absolute atomic E-state index is 12.4. The van der Waals surface area contributed by atoms with E-state index in [1.165, 1.54) is 5.56 Å². The van der Waals surface area contributed by atoms with Crippen molar-refractivity contribution >= 4 is 5.91 Å². The third-order valence-corrected chi connectivity index (χ3v) is 3.86. The summed E-state index contributed by atoms with van der Waals surface area (Å²) in [6, 6.07) is 7.30. The van der Waals surface area contributed by atoms with Gasteiger partial charge in [0.05, 0.1) is 6.61 Å². The van der Waals surface area contributed by atoms with Crippen LogP contribution in [0.5, 0.6) is 0 Å². The van der Waals surface area contributed by atoms with E-state index in [0.29, 0.717) is 5.92 Å². The van der Waals surface area contributed by atoms with Crippen molar-refractivity contribution in [2.75, 3.05) is 26.3 Å². The summed E-state index contributed by atoms with van der Waals surface area (Å²) >= 11 is 0. The number of amides is 1. The lowest BCUT2D eigenvalue weighted by Gasteiger charge is -2.21. The van der Waals surface area contributed by atoms with Gasteiger partial charge in [0, 0.05) is 25.6 Å². The Labute approximate surface area is 120 Å². The van der Waals surface area contributed by atoms with Crippen LogP contribution in [0.25, 0.3) is 0 Å². The molecule has 0 radical (unpaired) electrons. The molecule has 1 aromatic rings. The first-order valence-electron chi connectivity index (χ1n) is 7.30. The number of carbonyl (C=O) groups is 1. The average Bonchev–Trinajstić information content (AvgIpc) is 2.93. The lowest BCUT2D eigenvalue weighted by atomic mass is 10.0. The molecule has 4 heteroatoms. The molecule has 20 heavy (non-hydrogen) atoms. The minimum atomic E-state index is -0.554. The van der Waals surface area contributed by atoms with Crippen LogP contribution in [0, 0.1) is 12.8 Å². The smallest absolute Gasteiger partial charge is 0.244 e. The highest BCUT2D eigenvalue weighted by Crippen LogP contribution is 2.21. The Balaban J connectivity index is 1.92. The Morgan fingerprint density at radius 1 is 1.45 bits per heavy atom. The minimum absolute atomic E-state index is 0.0212. The van der Waals surface area contributed by atoms with Crippen molar-refractivity contribution in [3.05, 3.63) is 35.4 Å². The van der Waals surface area contributed by atoms with Crippen molar-refractivity contribution in [2.45, 2.75) is 26.3 Å². The zero-order valence-corrected chi connectivity index (χ0v) is 12.3. The van der Waals surface area contributed by atoms with Crippen molar-refractivity contribution in [2.24, 2.45) is 11.7 Å². The molecule has 1 saturated heterocycles. The molecule has 0 aromatic heterocycles. The fourth-order valence-corrected chi connectivity index (χ4v) is 2.57. The van der Waals surface area contributed by atoms with Gasteiger partial charge in [-0.25, -0.2) is 0 Å². The number of hydrogen-bond acceptors (Lipinski definition) is 3. The highest BCUT2D eigenvalue weighted by molar-refractivity contribution is 5.83. The van der Waals surface area contributed by atoms with E-state index in [0.717, 1.165) is 38.3 Å². The van der Waals surface area contributed by atoms with Gasteiger partial charge in [-0.3, -0.25) is 4.79 Å². The molecule has 2 rings (SSSR count). The molecule has 0 aliphatic carbocycles. The Morgan fingerprint density at radius 2 is 2.15 bits per heavy atom. The first-order valence-corrected chi connectivity index (χ1v) is 7.30. The predicted octanol–water partition coefficient (Wildman–Crippen LogP) is 1.88. The van der Waals surface area contributed by atoms with E-state index in [1.54, 1.807) is 0 Å². The molecule has 0 bridgehead atoms. The normalized spacial score (nSPS) is 20.1. The van der Waals surface area contributed by atoms with Crippen LogP contribution in [0.1, 0.15) is 30.5 Å². The monoisotopic (exact) mass is 276 g/mol. The predicted molar refractivity (Wildman–Crippen MR) is 79.3 cm³/mol. The van der Waals surface area contributed by atoms with Gasteiger partial charge in [0.1, 0.15) is 6.04 Å². The second-order valence-corrected chi connectivity index (χ2v) is 5.49. The van der Waals surface area contributed by atoms with E-state index < -0.39 is 6.04 Å². The Bertz CT molecular complexity index is 444. The first-order chi connectivity index (χ1) is 9.61. The molecule has 2 N–H and O–H groups in total. The number of aryl methyl sites for hydroxylation is 1. The van der Waals surface area contributed by atoms with Gasteiger partial charge in [-0.1, -0.05) is 29.8 Å². The molecule has 1 aliphatic heterocycles. The summed E-state index contributed by atoms with van der Waals surface area (Å²) in [5.41, 5.74) is 8.15. The number of carbonyl (C=O) groups excluding carboxylic acids is 1. The van der Waals surface area contributed by atoms with Crippen LogP contribution in [-0.2, 0) is 9.53 Å². The topological polar surface area (TPSA) is 55.6 Å². The number of nitrogens with zero attached hydrogens (tertiary/aromatic N) is 1. The standard InChI is InChI=1S/C16H24N2O2/c1-3-20-11-13-8-9-18(10-13)16(19)15(17)14-6-4-12(2)5-7-14/h4-7,13,15H,3,8-11,17H2,1-2H3. The summed E-state index contributed by atoms with van der Waals surface area (Å²) in [5.74, 6) is 0.469. The van der Waals surface area contributed by atoms with Gasteiger partial charge >= 0.3 is 0 Å². The van der Waals surface area contributed by atoms with E-state index >= 15 is 0 Å². The molecule has 1 fully saturated rings.